The minimum atomic E-state index is -0.0170. The normalized spacial score (nSPS) is 26.8. The maximum Gasteiger partial charge on any atom is 0.233 e. The summed E-state index contributed by atoms with van der Waals surface area (Å²) >= 11 is 0. The molecule has 0 spiro atoms. The molecule has 1 aromatic heterocycles. The fraction of sp³-hybridized carbons (Fsp3) is 0.571. The molecule has 0 bridgehead atoms. The highest BCUT2D eigenvalue weighted by molar-refractivity contribution is 5.58. The van der Waals surface area contributed by atoms with Crippen LogP contribution in [0.2, 0.25) is 0 Å². The topological polar surface area (TPSA) is 161 Å². The lowest BCUT2D eigenvalue weighted by Gasteiger charge is -2.37. The van der Waals surface area contributed by atoms with Crippen LogP contribution in [0.3, 0.4) is 0 Å². The van der Waals surface area contributed by atoms with Gasteiger partial charge >= 0.3 is 0 Å². The molecule has 1 aromatic carbocycles. The molecule has 3 heterocycles. The molecule has 2 aromatic rings. The molecule has 2 saturated heterocycles. The van der Waals surface area contributed by atoms with Crippen molar-refractivity contribution in [2.75, 3.05) is 41.3 Å². The Morgan fingerprint density at radius 2 is 1.13 bits per heavy atom. The van der Waals surface area contributed by atoms with Crippen LogP contribution in [0.4, 0.5) is 23.5 Å². The summed E-state index contributed by atoms with van der Waals surface area (Å²) in [5.74, 6) is 1.61. The summed E-state index contributed by atoms with van der Waals surface area (Å²) in [5, 5.41) is 3.35. The Labute approximate surface area is 183 Å². The summed E-state index contributed by atoms with van der Waals surface area (Å²) in [6.45, 7) is 6.74. The zero-order chi connectivity index (χ0) is 22.1. The second kappa shape index (κ2) is 8.91. The SMILES string of the molecule is Cc1cc(C)cc(Nc2nc(N3C[C@H](N)C[C@H](N)C3)nc(N3C[C@H](N)C[C@H](N)C3)n2)c1. The van der Waals surface area contributed by atoms with Gasteiger partial charge in [-0.2, -0.15) is 15.0 Å². The van der Waals surface area contributed by atoms with Gasteiger partial charge in [0.25, 0.3) is 0 Å². The van der Waals surface area contributed by atoms with Crippen LogP contribution in [0.1, 0.15) is 24.0 Å². The van der Waals surface area contributed by atoms with Crippen LogP contribution in [0.25, 0.3) is 0 Å². The Hall–Kier alpha value is -2.53. The first-order valence-corrected chi connectivity index (χ1v) is 10.9. The van der Waals surface area contributed by atoms with Crippen molar-refractivity contribution in [3.8, 4) is 0 Å². The van der Waals surface area contributed by atoms with Crippen molar-refractivity contribution in [1.29, 1.82) is 0 Å². The van der Waals surface area contributed by atoms with E-state index in [9.17, 15) is 0 Å². The van der Waals surface area contributed by atoms with Gasteiger partial charge in [0.1, 0.15) is 0 Å². The largest absolute Gasteiger partial charge is 0.338 e. The number of anilines is 4. The van der Waals surface area contributed by atoms with Gasteiger partial charge in [0.15, 0.2) is 0 Å². The van der Waals surface area contributed by atoms with Crippen molar-refractivity contribution >= 4 is 23.5 Å². The number of aryl methyl sites for hydroxylation is 2. The van der Waals surface area contributed by atoms with Crippen molar-refractivity contribution in [1.82, 2.24) is 15.0 Å². The maximum atomic E-state index is 6.21. The van der Waals surface area contributed by atoms with Crippen molar-refractivity contribution in [2.24, 2.45) is 22.9 Å². The summed E-state index contributed by atoms with van der Waals surface area (Å²) in [6.07, 6.45) is 1.58. The van der Waals surface area contributed by atoms with Crippen molar-refractivity contribution in [3.05, 3.63) is 29.3 Å². The van der Waals surface area contributed by atoms with Gasteiger partial charge in [-0.3, -0.25) is 0 Å². The van der Waals surface area contributed by atoms with Crippen LogP contribution in [-0.2, 0) is 0 Å². The van der Waals surface area contributed by atoms with Crippen LogP contribution >= 0.6 is 0 Å². The van der Waals surface area contributed by atoms with Gasteiger partial charge in [-0.15, -0.1) is 0 Å². The van der Waals surface area contributed by atoms with Crippen molar-refractivity contribution in [3.63, 3.8) is 0 Å². The van der Waals surface area contributed by atoms with Crippen LogP contribution < -0.4 is 38.1 Å². The van der Waals surface area contributed by atoms with Crippen molar-refractivity contribution in [2.45, 2.75) is 50.9 Å². The third-order valence-corrected chi connectivity index (χ3v) is 5.69. The highest BCUT2D eigenvalue weighted by atomic mass is 15.4. The summed E-state index contributed by atoms with van der Waals surface area (Å²) in [4.78, 5) is 18.3. The number of benzene rings is 1. The number of hydrogen-bond acceptors (Lipinski definition) is 10. The molecular formula is C21H34N10. The van der Waals surface area contributed by atoms with E-state index in [2.05, 4.69) is 37.4 Å². The molecule has 0 amide bonds. The second-order valence-corrected chi connectivity index (χ2v) is 9.08. The van der Waals surface area contributed by atoms with E-state index in [4.69, 9.17) is 37.9 Å². The Kier molecular flexibility index (Phi) is 6.24. The molecule has 168 valence electrons. The molecule has 0 radical (unpaired) electrons. The van der Waals surface area contributed by atoms with E-state index in [0.717, 1.165) is 29.7 Å². The lowest BCUT2D eigenvalue weighted by molar-refractivity contribution is 0.441. The molecule has 0 unspecified atom stereocenters. The number of aromatic nitrogens is 3. The van der Waals surface area contributed by atoms with Crippen LogP contribution in [0.15, 0.2) is 18.2 Å². The fourth-order valence-corrected chi connectivity index (χ4v) is 4.55. The fourth-order valence-electron chi connectivity index (χ4n) is 4.55. The first-order chi connectivity index (χ1) is 14.7. The van der Waals surface area contributed by atoms with E-state index >= 15 is 0 Å². The number of rotatable bonds is 4. The lowest BCUT2D eigenvalue weighted by atomic mass is 10.0. The van der Waals surface area contributed by atoms with Gasteiger partial charge in [0, 0.05) is 56.0 Å². The van der Waals surface area contributed by atoms with E-state index in [1.807, 2.05) is 9.80 Å². The van der Waals surface area contributed by atoms with E-state index in [1.165, 1.54) is 0 Å². The predicted octanol–water partition coefficient (Wildman–Crippen LogP) is -0.0386. The van der Waals surface area contributed by atoms with Gasteiger partial charge in [0.05, 0.1) is 0 Å². The molecule has 10 nitrogen and oxygen atoms in total. The average Bonchev–Trinajstić information content (AvgIpc) is 2.65. The molecule has 0 saturated carbocycles. The second-order valence-electron chi connectivity index (χ2n) is 9.08. The smallest absolute Gasteiger partial charge is 0.233 e. The zero-order valence-corrected chi connectivity index (χ0v) is 18.3. The van der Waals surface area contributed by atoms with Crippen LogP contribution in [0.5, 0.6) is 0 Å². The highest BCUT2D eigenvalue weighted by Gasteiger charge is 2.28. The third kappa shape index (κ3) is 5.40. The Bertz CT molecular complexity index is 835. The van der Waals surface area contributed by atoms with E-state index < -0.39 is 0 Å². The minimum Gasteiger partial charge on any atom is -0.338 e. The summed E-state index contributed by atoms with van der Waals surface area (Å²) in [5.41, 5.74) is 28.1. The minimum absolute atomic E-state index is 0.0170. The quantitative estimate of drug-likeness (QED) is 0.448. The maximum absolute atomic E-state index is 6.21. The first-order valence-electron chi connectivity index (χ1n) is 10.9. The number of piperidine rings is 2. The number of hydrogen-bond donors (Lipinski definition) is 5. The Balaban J connectivity index is 1.69. The molecule has 31 heavy (non-hydrogen) atoms. The molecule has 2 aliphatic heterocycles. The Morgan fingerprint density at radius 1 is 0.710 bits per heavy atom. The summed E-state index contributed by atoms with van der Waals surface area (Å²) < 4.78 is 0. The predicted molar refractivity (Wildman–Crippen MR) is 125 cm³/mol. The van der Waals surface area contributed by atoms with Gasteiger partial charge in [0.2, 0.25) is 17.8 Å². The standard InChI is InChI=1S/C21H34N10/c1-12-3-13(2)5-18(4-12)26-19-27-20(30-8-14(22)6-15(23)9-30)29-21(28-19)31-10-16(24)7-17(25)11-31/h3-5,14-17H,6-11,22-25H2,1-2H3,(H,26,27,28,29)/t14-,15+,16-,17+. The number of nitrogens with two attached hydrogens (primary N) is 4. The third-order valence-electron chi connectivity index (χ3n) is 5.69. The number of nitrogens with zero attached hydrogens (tertiary/aromatic N) is 5. The van der Waals surface area contributed by atoms with E-state index in [-0.39, 0.29) is 24.2 Å². The molecule has 2 fully saturated rings. The molecule has 10 heteroatoms. The van der Waals surface area contributed by atoms with Gasteiger partial charge in [-0.05, 0) is 49.9 Å². The summed E-state index contributed by atoms with van der Waals surface area (Å²) in [7, 11) is 0. The Morgan fingerprint density at radius 3 is 1.55 bits per heavy atom. The number of nitrogens with one attached hydrogen (secondary N) is 1. The lowest BCUT2D eigenvalue weighted by Crippen LogP contribution is -2.54. The van der Waals surface area contributed by atoms with E-state index in [0.29, 0.717) is 44.0 Å². The molecule has 0 aliphatic carbocycles. The molecule has 4 atom stereocenters. The van der Waals surface area contributed by atoms with Crippen LogP contribution in [-0.4, -0.2) is 65.3 Å². The average molecular weight is 427 g/mol. The molecule has 4 rings (SSSR count). The van der Waals surface area contributed by atoms with Gasteiger partial charge in [-0.25, -0.2) is 0 Å². The monoisotopic (exact) mass is 426 g/mol. The first kappa shape index (κ1) is 21.7. The summed E-state index contributed by atoms with van der Waals surface area (Å²) in [6, 6.07) is 6.19. The molecular weight excluding hydrogens is 392 g/mol. The molecule has 9 N–H and O–H groups in total. The molecule has 2 aliphatic rings. The zero-order valence-electron chi connectivity index (χ0n) is 18.3. The van der Waals surface area contributed by atoms with Gasteiger partial charge in [-0.1, -0.05) is 6.07 Å². The highest BCUT2D eigenvalue weighted by Crippen LogP contribution is 2.24. The van der Waals surface area contributed by atoms with Gasteiger partial charge < -0.3 is 38.1 Å². The van der Waals surface area contributed by atoms with E-state index in [1.54, 1.807) is 0 Å². The van der Waals surface area contributed by atoms with Crippen LogP contribution in [0, 0.1) is 13.8 Å². The van der Waals surface area contributed by atoms with Crippen molar-refractivity contribution < 1.29 is 0 Å².